The van der Waals surface area contributed by atoms with E-state index in [4.69, 9.17) is 34.8 Å². The molecule has 9 heteroatoms. The molecular weight excluding hydrogens is 522 g/mol. The summed E-state index contributed by atoms with van der Waals surface area (Å²) in [6.45, 7) is 0. The van der Waals surface area contributed by atoms with Crippen molar-refractivity contribution >= 4 is 80.0 Å². The van der Waals surface area contributed by atoms with Gasteiger partial charge in [0.1, 0.15) is 0 Å². The number of benzene rings is 2. The van der Waals surface area contributed by atoms with Crippen LogP contribution < -0.4 is 5.09 Å². The van der Waals surface area contributed by atoms with Crippen molar-refractivity contribution < 1.29 is 4.57 Å². The summed E-state index contributed by atoms with van der Waals surface area (Å²) in [7, 11) is -3.37. The first-order valence-electron chi connectivity index (χ1n) is 9.38. The minimum atomic E-state index is -3.37. The van der Waals surface area contributed by atoms with Gasteiger partial charge in [-0.1, -0.05) is 95.5 Å². The molecule has 0 fully saturated rings. The van der Waals surface area contributed by atoms with E-state index in [1.165, 1.54) is 34.3 Å². The van der Waals surface area contributed by atoms with E-state index in [-0.39, 0.29) is 0 Å². The number of thiazole rings is 1. The predicted molar refractivity (Wildman–Crippen MR) is 142 cm³/mol. The molecule has 3 nitrogen and oxygen atoms in total. The second kappa shape index (κ2) is 10.4. The topological polar surface area (TPSA) is 42.0 Å². The molecule has 4 rings (SSSR count). The van der Waals surface area contributed by atoms with Crippen LogP contribution in [0.1, 0.15) is 11.1 Å². The first-order chi connectivity index (χ1) is 15.4. The zero-order valence-corrected chi connectivity index (χ0v) is 21.2. The number of nitrogens with zero attached hydrogens (tertiary/aromatic N) is 1. The van der Waals surface area contributed by atoms with Gasteiger partial charge in [0.25, 0.3) is 0 Å². The number of hydrogen-bond donors (Lipinski definition) is 1. The normalized spacial score (nSPS) is 14.2. The molecule has 162 valence electrons. The van der Waals surface area contributed by atoms with E-state index in [0.29, 0.717) is 19.5 Å². The average Bonchev–Trinajstić information content (AvgIpc) is 3.43. The Morgan fingerprint density at radius 1 is 0.875 bits per heavy atom. The van der Waals surface area contributed by atoms with Gasteiger partial charge in [-0.25, -0.2) is 4.98 Å². The number of halogens is 3. The van der Waals surface area contributed by atoms with Crippen LogP contribution in [0, 0.1) is 0 Å². The highest BCUT2D eigenvalue weighted by Gasteiger charge is 2.21. The van der Waals surface area contributed by atoms with Crippen LogP contribution >= 0.6 is 64.8 Å². The van der Waals surface area contributed by atoms with E-state index in [0.717, 1.165) is 21.7 Å². The molecule has 1 unspecified atom stereocenters. The highest BCUT2D eigenvalue weighted by atomic mass is 35.5. The van der Waals surface area contributed by atoms with Crippen LogP contribution in [0.3, 0.4) is 0 Å². The number of nitrogens with one attached hydrogen (secondary N) is 1. The molecule has 4 aromatic rings. The van der Waals surface area contributed by atoms with Gasteiger partial charge in [0.15, 0.2) is 5.13 Å². The van der Waals surface area contributed by atoms with Crippen LogP contribution in [0.25, 0.3) is 20.6 Å². The smallest absolute Gasteiger partial charge is 0.217 e. The van der Waals surface area contributed by atoms with Gasteiger partial charge in [-0.2, -0.15) is 0 Å². The molecule has 0 aliphatic heterocycles. The zero-order chi connectivity index (χ0) is 22.6. The number of anilines is 1. The standard InChI is InChI=1S/C23H16Cl3N2OPS2/c24-18(16-7-3-1-4-8-16)13-30(29,14-19(25)17-9-5-2-6-10-17)28-23-27-20(15-31-23)21-11-12-22(26)32-21/h1-15H,(H,27,28,29)/b18-13-,19-14+. The molecule has 0 radical (unpaired) electrons. The van der Waals surface area contributed by atoms with Crippen molar-refractivity contribution in [3.63, 3.8) is 0 Å². The van der Waals surface area contributed by atoms with Gasteiger partial charge in [-0.15, -0.1) is 22.7 Å². The highest BCUT2D eigenvalue weighted by Crippen LogP contribution is 2.54. The fourth-order valence-corrected chi connectivity index (χ4v) is 7.74. The number of rotatable bonds is 7. The van der Waals surface area contributed by atoms with Gasteiger partial charge in [-0.3, -0.25) is 4.57 Å². The fourth-order valence-electron chi connectivity index (χ4n) is 2.82. The Kier molecular flexibility index (Phi) is 7.57. The van der Waals surface area contributed by atoms with Crippen LogP contribution in [0.5, 0.6) is 0 Å². The van der Waals surface area contributed by atoms with Crippen molar-refractivity contribution in [3.05, 3.63) is 105 Å². The van der Waals surface area contributed by atoms with E-state index < -0.39 is 7.29 Å². The minimum Gasteiger partial charge on any atom is -0.306 e. The van der Waals surface area contributed by atoms with Gasteiger partial charge in [-0.05, 0) is 23.3 Å². The Balaban J connectivity index is 1.71. The summed E-state index contributed by atoms with van der Waals surface area (Å²) in [5.74, 6) is 3.02. The predicted octanol–water partition coefficient (Wildman–Crippen LogP) is 9.69. The third-order valence-electron chi connectivity index (χ3n) is 4.31. The lowest BCUT2D eigenvalue weighted by atomic mass is 10.2. The van der Waals surface area contributed by atoms with E-state index in [1.54, 1.807) is 0 Å². The second-order valence-corrected chi connectivity index (χ2v) is 12.2. The van der Waals surface area contributed by atoms with Crippen molar-refractivity contribution in [1.82, 2.24) is 4.98 Å². The molecule has 0 aliphatic carbocycles. The number of aromatic nitrogens is 1. The van der Waals surface area contributed by atoms with Gasteiger partial charge in [0, 0.05) is 17.0 Å². The summed E-state index contributed by atoms with van der Waals surface area (Å²) in [6, 6.07) is 22.4. The Labute approximate surface area is 209 Å². The molecule has 2 aromatic heterocycles. The zero-order valence-electron chi connectivity index (χ0n) is 16.4. The molecule has 0 bridgehead atoms. The molecule has 0 saturated carbocycles. The van der Waals surface area contributed by atoms with E-state index in [9.17, 15) is 4.57 Å². The lowest BCUT2D eigenvalue weighted by molar-refractivity contribution is 0.589. The molecule has 2 aromatic carbocycles. The maximum Gasteiger partial charge on any atom is 0.217 e. The number of thiophene rings is 1. The van der Waals surface area contributed by atoms with E-state index in [2.05, 4.69) is 10.1 Å². The third kappa shape index (κ3) is 5.93. The maximum absolute atomic E-state index is 14.0. The fraction of sp³-hybridized carbons (Fsp3) is 0. The van der Waals surface area contributed by atoms with Crippen LogP contribution in [0.2, 0.25) is 4.34 Å². The summed E-state index contributed by atoms with van der Waals surface area (Å²) in [5.41, 5.74) is 2.28. The first-order valence-corrected chi connectivity index (χ1v) is 14.1. The Morgan fingerprint density at radius 2 is 1.44 bits per heavy atom. The molecule has 0 amide bonds. The summed E-state index contributed by atoms with van der Waals surface area (Å²) in [6.07, 6.45) is 0. The monoisotopic (exact) mass is 536 g/mol. The summed E-state index contributed by atoms with van der Waals surface area (Å²) < 4.78 is 14.7. The first kappa shape index (κ1) is 23.3. The lowest BCUT2D eigenvalue weighted by Gasteiger charge is -2.13. The highest BCUT2D eigenvalue weighted by molar-refractivity contribution is 7.72. The van der Waals surface area contributed by atoms with Crippen molar-refractivity contribution in [2.75, 3.05) is 5.09 Å². The SMILES string of the molecule is O=P(/C=C(\Cl)c1ccccc1)(/C=C(/Cl)c1ccccc1)Nc1nc(-c2ccc(Cl)s2)cs1. The molecule has 0 spiro atoms. The van der Waals surface area contributed by atoms with Crippen molar-refractivity contribution in [3.8, 4) is 10.6 Å². The van der Waals surface area contributed by atoms with Gasteiger partial charge in [0.05, 0.1) is 25.0 Å². The second-order valence-electron chi connectivity index (χ2n) is 6.65. The van der Waals surface area contributed by atoms with Gasteiger partial charge < -0.3 is 5.09 Å². The van der Waals surface area contributed by atoms with Crippen LogP contribution in [-0.4, -0.2) is 4.98 Å². The maximum atomic E-state index is 14.0. The molecule has 0 aliphatic rings. The Morgan fingerprint density at radius 3 is 1.94 bits per heavy atom. The van der Waals surface area contributed by atoms with E-state index in [1.807, 2.05) is 78.2 Å². The average molecular weight is 538 g/mol. The van der Waals surface area contributed by atoms with Crippen molar-refractivity contribution in [1.29, 1.82) is 0 Å². The van der Waals surface area contributed by atoms with Gasteiger partial charge in [0.2, 0.25) is 7.29 Å². The van der Waals surface area contributed by atoms with Crippen molar-refractivity contribution in [2.24, 2.45) is 0 Å². The van der Waals surface area contributed by atoms with Crippen LogP contribution in [-0.2, 0) is 4.57 Å². The minimum absolute atomic E-state index is 0.358. The van der Waals surface area contributed by atoms with Crippen LogP contribution in [0.15, 0.2) is 89.8 Å². The van der Waals surface area contributed by atoms with Gasteiger partial charge >= 0.3 is 0 Å². The third-order valence-corrected chi connectivity index (χ3v) is 9.28. The molecule has 32 heavy (non-hydrogen) atoms. The molecular formula is C23H16Cl3N2OPS2. The molecule has 0 saturated heterocycles. The lowest BCUT2D eigenvalue weighted by Crippen LogP contribution is -1.94. The quantitative estimate of drug-likeness (QED) is 0.239. The summed E-state index contributed by atoms with van der Waals surface area (Å²) >= 11 is 21.9. The van der Waals surface area contributed by atoms with Crippen LogP contribution in [0.4, 0.5) is 5.13 Å². The molecule has 2 heterocycles. The molecule has 1 N–H and O–H groups in total. The molecule has 1 atom stereocenters. The largest absolute Gasteiger partial charge is 0.306 e. The number of hydrogen-bond acceptors (Lipinski definition) is 4. The summed E-state index contributed by atoms with van der Waals surface area (Å²) in [5, 5.41) is 6.17. The van der Waals surface area contributed by atoms with E-state index >= 15 is 0 Å². The van der Waals surface area contributed by atoms with Crippen molar-refractivity contribution in [2.45, 2.75) is 0 Å². The summed E-state index contributed by atoms with van der Waals surface area (Å²) in [4.78, 5) is 5.52. The Hall–Kier alpha value is -1.85. The Bertz CT molecular complexity index is 1260.